The molecule has 1 saturated carbocycles. The van der Waals surface area contributed by atoms with Crippen molar-refractivity contribution >= 4 is 28.9 Å². The van der Waals surface area contributed by atoms with Crippen molar-refractivity contribution in [3.8, 4) is 22.6 Å². The summed E-state index contributed by atoms with van der Waals surface area (Å²) in [5.74, 6) is 1.68. The van der Waals surface area contributed by atoms with Crippen LogP contribution in [0, 0.1) is 5.92 Å². The van der Waals surface area contributed by atoms with Crippen LogP contribution in [-0.4, -0.2) is 31.9 Å². The van der Waals surface area contributed by atoms with Gasteiger partial charge in [-0.25, -0.2) is 4.68 Å². The molecule has 5 heterocycles. The number of halogens is 2. The van der Waals surface area contributed by atoms with Crippen LogP contribution < -0.4 is 10.3 Å². The van der Waals surface area contributed by atoms with Crippen LogP contribution in [0.15, 0.2) is 88.4 Å². The van der Waals surface area contributed by atoms with E-state index in [1.54, 1.807) is 23.0 Å². The van der Waals surface area contributed by atoms with Gasteiger partial charge in [0.15, 0.2) is 5.15 Å². The Morgan fingerprint density at radius 2 is 1.93 bits per heavy atom. The summed E-state index contributed by atoms with van der Waals surface area (Å²) in [5.41, 5.74) is 8.91. The topological polar surface area (TPSA) is 74.3 Å². The number of ether oxygens (including phenoxy) is 1. The highest BCUT2D eigenvalue weighted by Gasteiger charge is 2.54. The average Bonchev–Trinajstić information content (AvgIpc) is 3.23. The molecule has 3 unspecified atom stereocenters. The normalized spacial score (nSPS) is 22.2. The molecule has 1 fully saturated rings. The molecule has 2 aromatic heterocycles. The summed E-state index contributed by atoms with van der Waals surface area (Å²) >= 11 is 12.4. The molecule has 3 atom stereocenters. The van der Waals surface area contributed by atoms with Crippen LogP contribution in [0.3, 0.4) is 0 Å². The third kappa shape index (κ3) is 3.79. The van der Waals surface area contributed by atoms with Crippen molar-refractivity contribution < 1.29 is 4.74 Å². The maximum Gasteiger partial charge on any atom is 0.251 e. The Hall–Kier alpha value is -3.94. The van der Waals surface area contributed by atoms with E-state index >= 15 is 0 Å². The number of pyridine rings is 1. The predicted molar refractivity (Wildman–Crippen MR) is 155 cm³/mol. The lowest BCUT2D eigenvalue weighted by Gasteiger charge is -2.21. The molecule has 4 aliphatic rings. The van der Waals surface area contributed by atoms with E-state index in [0.717, 1.165) is 69.9 Å². The number of nitrogens with zero attached hydrogens (tertiary/aromatic N) is 5. The molecule has 198 valence electrons. The largest absolute Gasteiger partial charge is 0.489 e. The Kier molecular flexibility index (Phi) is 5.25. The van der Waals surface area contributed by atoms with Crippen LogP contribution in [0.25, 0.3) is 16.8 Å². The molecular weight excluding hydrogens is 545 g/mol. The van der Waals surface area contributed by atoms with E-state index in [-0.39, 0.29) is 11.6 Å². The fourth-order valence-corrected chi connectivity index (χ4v) is 6.79. The molecule has 9 heteroatoms. The molecule has 4 aromatic rings. The first-order valence-electron chi connectivity index (χ1n) is 13.3. The summed E-state index contributed by atoms with van der Waals surface area (Å²) in [7, 11) is 0. The fourth-order valence-electron chi connectivity index (χ4n) is 6.49. The van der Waals surface area contributed by atoms with E-state index in [1.807, 2.05) is 22.9 Å². The molecule has 0 N–H and O–H groups in total. The van der Waals surface area contributed by atoms with Gasteiger partial charge in [-0.1, -0.05) is 47.1 Å². The van der Waals surface area contributed by atoms with Gasteiger partial charge >= 0.3 is 0 Å². The second kappa shape index (κ2) is 8.78. The smallest absolute Gasteiger partial charge is 0.251 e. The first-order chi connectivity index (χ1) is 19.4. The Balaban J connectivity index is 1.11. The minimum Gasteiger partial charge on any atom is -0.489 e. The van der Waals surface area contributed by atoms with Gasteiger partial charge in [0.2, 0.25) is 0 Å². The second-order valence-electron chi connectivity index (χ2n) is 11.0. The highest BCUT2D eigenvalue weighted by molar-refractivity contribution is 6.31. The van der Waals surface area contributed by atoms with Gasteiger partial charge in [-0.2, -0.15) is 0 Å². The monoisotopic (exact) mass is 567 g/mol. The molecule has 0 spiro atoms. The van der Waals surface area contributed by atoms with Gasteiger partial charge in [0.1, 0.15) is 12.4 Å². The molecule has 1 aliphatic carbocycles. The minimum atomic E-state index is -0.0241. The van der Waals surface area contributed by atoms with Crippen LogP contribution in [0.5, 0.6) is 5.75 Å². The van der Waals surface area contributed by atoms with Crippen LogP contribution in [-0.2, 0) is 6.42 Å². The van der Waals surface area contributed by atoms with E-state index in [4.69, 9.17) is 32.9 Å². The third-order valence-electron chi connectivity index (χ3n) is 8.39. The van der Waals surface area contributed by atoms with E-state index in [0.29, 0.717) is 28.6 Å². The summed E-state index contributed by atoms with van der Waals surface area (Å²) in [4.78, 5) is 18.5. The molecule has 0 saturated heterocycles. The Morgan fingerprint density at radius 3 is 2.77 bits per heavy atom. The molecular formula is C31H23Cl2N5O2. The highest BCUT2D eigenvalue weighted by Crippen LogP contribution is 2.61. The van der Waals surface area contributed by atoms with Gasteiger partial charge in [-0.3, -0.25) is 9.79 Å². The first kappa shape index (κ1) is 23.9. The summed E-state index contributed by atoms with van der Waals surface area (Å²) < 4.78 is 9.48. The molecule has 0 radical (unpaired) electrons. The Bertz CT molecular complexity index is 1880. The SMILES string of the molecule is C=C1COc2cc(C3=NC=C(C4C5CC5c5cc(-c6cc(Cl)ccc6-n6cc(Cl)nn6)cc(=O)n54)C3)ccc2C1. The number of fused-ring (bicyclic) bond motifs is 4. The summed E-state index contributed by atoms with van der Waals surface area (Å²) in [6.07, 6.45) is 6.24. The van der Waals surface area contributed by atoms with Crippen molar-refractivity contribution in [3.05, 3.63) is 116 Å². The zero-order valence-corrected chi connectivity index (χ0v) is 22.9. The van der Waals surface area contributed by atoms with Gasteiger partial charge in [0.05, 0.1) is 23.6 Å². The number of aromatic nitrogens is 4. The maximum atomic E-state index is 13.7. The van der Waals surface area contributed by atoms with Crippen molar-refractivity contribution in [1.29, 1.82) is 0 Å². The predicted octanol–water partition coefficient (Wildman–Crippen LogP) is 6.33. The van der Waals surface area contributed by atoms with E-state index in [9.17, 15) is 4.79 Å². The Morgan fingerprint density at radius 1 is 1.02 bits per heavy atom. The van der Waals surface area contributed by atoms with E-state index < -0.39 is 0 Å². The maximum absolute atomic E-state index is 13.7. The molecule has 40 heavy (non-hydrogen) atoms. The highest BCUT2D eigenvalue weighted by atomic mass is 35.5. The quantitative estimate of drug-likeness (QED) is 0.270. The van der Waals surface area contributed by atoms with Gasteiger partial charge in [0.25, 0.3) is 5.56 Å². The van der Waals surface area contributed by atoms with Gasteiger partial charge in [-0.15, -0.1) is 5.10 Å². The minimum absolute atomic E-state index is 0.0213. The lowest BCUT2D eigenvalue weighted by Crippen LogP contribution is -2.26. The lowest BCUT2D eigenvalue weighted by atomic mass is 9.95. The van der Waals surface area contributed by atoms with Crippen molar-refractivity contribution in [1.82, 2.24) is 19.6 Å². The number of benzene rings is 2. The van der Waals surface area contributed by atoms with Gasteiger partial charge < -0.3 is 9.30 Å². The van der Waals surface area contributed by atoms with Crippen LogP contribution in [0.1, 0.15) is 41.6 Å². The zero-order chi connectivity index (χ0) is 27.1. The summed E-state index contributed by atoms with van der Waals surface area (Å²) in [6.45, 7) is 4.60. The van der Waals surface area contributed by atoms with Crippen molar-refractivity contribution in [2.45, 2.75) is 31.2 Å². The standard InChI is InChI=1S/C31H23Cl2N5O2/c1-16-6-18-3-2-17(9-28(18)40-15-16)25-7-20(13-34-25)31-24-12-23(24)27-8-19(10-30(39)38(27)31)22-11-21(32)4-5-26(22)37-14-29(33)35-36-37/h2-5,8-11,13-14,23-24,31H,1,6-7,12,15H2. The second-order valence-corrected chi connectivity index (χ2v) is 11.8. The van der Waals surface area contributed by atoms with Gasteiger partial charge in [-0.05, 0) is 70.5 Å². The summed E-state index contributed by atoms with van der Waals surface area (Å²) in [5, 5.41) is 8.89. The molecule has 3 aliphatic heterocycles. The van der Waals surface area contributed by atoms with E-state index in [1.165, 1.54) is 5.57 Å². The number of hydrogen-bond donors (Lipinski definition) is 0. The molecule has 0 amide bonds. The van der Waals surface area contributed by atoms with E-state index in [2.05, 4.69) is 41.2 Å². The number of rotatable bonds is 4. The van der Waals surface area contributed by atoms with Crippen molar-refractivity contribution in [3.63, 3.8) is 0 Å². The lowest BCUT2D eigenvalue weighted by molar-refractivity contribution is 0.332. The number of hydrogen-bond acceptors (Lipinski definition) is 5. The first-order valence-corrected chi connectivity index (χ1v) is 14.0. The molecule has 7 nitrogen and oxygen atoms in total. The summed E-state index contributed by atoms with van der Waals surface area (Å²) in [6, 6.07) is 15.7. The van der Waals surface area contributed by atoms with Crippen molar-refractivity contribution in [2.24, 2.45) is 10.9 Å². The van der Waals surface area contributed by atoms with Crippen LogP contribution >= 0.6 is 23.2 Å². The van der Waals surface area contributed by atoms with Gasteiger partial charge in [0, 0.05) is 47.3 Å². The van der Waals surface area contributed by atoms with Crippen LogP contribution in [0.4, 0.5) is 0 Å². The molecule has 8 rings (SSSR count). The third-order valence-corrected chi connectivity index (χ3v) is 8.80. The Labute approximate surface area is 240 Å². The molecule has 0 bridgehead atoms. The number of aliphatic imine (C=N–C) groups is 1. The average molecular weight is 568 g/mol. The number of allylic oxidation sites excluding steroid dienone is 1. The van der Waals surface area contributed by atoms with Crippen LogP contribution in [0.2, 0.25) is 10.2 Å². The fraction of sp³-hybridized carbons (Fsp3) is 0.226. The molecule has 2 aromatic carbocycles. The van der Waals surface area contributed by atoms with Crippen molar-refractivity contribution in [2.75, 3.05) is 6.61 Å². The zero-order valence-electron chi connectivity index (χ0n) is 21.3.